The summed E-state index contributed by atoms with van der Waals surface area (Å²) >= 11 is 0. The Bertz CT molecular complexity index is 71.5. The maximum absolute atomic E-state index is 5.26. The molecule has 0 amide bonds. The lowest BCUT2D eigenvalue weighted by Gasteiger charge is -2.07. The summed E-state index contributed by atoms with van der Waals surface area (Å²) in [6.07, 6.45) is 1.20. The summed E-state index contributed by atoms with van der Waals surface area (Å²) < 4.78 is 10.1. The van der Waals surface area contributed by atoms with Gasteiger partial charge in [-0.15, -0.1) is 0 Å². The third-order valence-electron chi connectivity index (χ3n) is 1.38. The van der Waals surface area contributed by atoms with Crippen LogP contribution < -0.4 is 5.32 Å². The first kappa shape index (κ1) is 6.99. The van der Waals surface area contributed by atoms with Gasteiger partial charge >= 0.3 is 0 Å². The summed E-state index contributed by atoms with van der Waals surface area (Å²) in [6, 6.07) is 0. The molecule has 0 radical (unpaired) electrons. The molecule has 0 aliphatic carbocycles. The van der Waals surface area contributed by atoms with Gasteiger partial charge in [0.1, 0.15) is 6.23 Å². The summed E-state index contributed by atoms with van der Waals surface area (Å²) in [6.45, 7) is 2.60. The van der Waals surface area contributed by atoms with Crippen LogP contribution >= 0.6 is 0 Å². The van der Waals surface area contributed by atoms with Crippen LogP contribution in [-0.4, -0.2) is 33.1 Å². The first-order valence-electron chi connectivity index (χ1n) is 3.27. The number of hydrogen-bond donors (Lipinski definition) is 1. The van der Waals surface area contributed by atoms with E-state index in [-0.39, 0.29) is 6.23 Å². The van der Waals surface area contributed by atoms with Crippen molar-refractivity contribution in [3.63, 3.8) is 0 Å². The van der Waals surface area contributed by atoms with Crippen LogP contribution in [0.5, 0.6) is 0 Å². The van der Waals surface area contributed by atoms with Crippen LogP contribution in [0.25, 0.3) is 0 Å². The molecule has 1 N–H and O–H groups in total. The van der Waals surface area contributed by atoms with Crippen molar-refractivity contribution < 1.29 is 9.47 Å². The average Bonchev–Trinajstić information content (AvgIpc) is 2.34. The topological polar surface area (TPSA) is 30.5 Å². The van der Waals surface area contributed by atoms with Crippen molar-refractivity contribution in [2.75, 3.05) is 26.9 Å². The van der Waals surface area contributed by atoms with Gasteiger partial charge in [-0.25, -0.2) is 0 Å². The molecule has 3 nitrogen and oxygen atoms in total. The molecular formula is C6H13NO2. The molecule has 0 aromatic rings. The maximum Gasteiger partial charge on any atom is 0.110 e. The van der Waals surface area contributed by atoms with Crippen molar-refractivity contribution in [3.05, 3.63) is 0 Å². The molecule has 1 atom stereocenters. The zero-order valence-corrected chi connectivity index (χ0v) is 5.72. The highest BCUT2D eigenvalue weighted by atomic mass is 16.5. The SMILES string of the molecule is COCCC1NCCO1. The quantitative estimate of drug-likeness (QED) is 0.583. The van der Waals surface area contributed by atoms with E-state index < -0.39 is 0 Å². The fraction of sp³-hybridized carbons (Fsp3) is 1.00. The molecule has 9 heavy (non-hydrogen) atoms. The van der Waals surface area contributed by atoms with E-state index in [1.165, 1.54) is 0 Å². The molecule has 0 saturated carbocycles. The molecule has 0 bridgehead atoms. The molecule has 3 heteroatoms. The third kappa shape index (κ3) is 2.30. The lowest BCUT2D eigenvalue weighted by molar-refractivity contribution is 0.0664. The van der Waals surface area contributed by atoms with Crippen molar-refractivity contribution in [2.45, 2.75) is 12.6 Å². The molecule has 0 aromatic carbocycles. The number of rotatable bonds is 3. The zero-order chi connectivity index (χ0) is 6.53. The first-order valence-corrected chi connectivity index (χ1v) is 3.27. The Morgan fingerprint density at radius 1 is 1.78 bits per heavy atom. The van der Waals surface area contributed by atoms with Crippen LogP contribution in [0.3, 0.4) is 0 Å². The monoisotopic (exact) mass is 131 g/mol. The van der Waals surface area contributed by atoms with E-state index >= 15 is 0 Å². The second-order valence-corrected chi connectivity index (χ2v) is 2.10. The predicted octanol–water partition coefficient (Wildman–Crippen LogP) is -0.0312. The maximum atomic E-state index is 5.26. The van der Waals surface area contributed by atoms with Crippen molar-refractivity contribution in [3.8, 4) is 0 Å². The fourth-order valence-corrected chi connectivity index (χ4v) is 0.890. The third-order valence-corrected chi connectivity index (χ3v) is 1.38. The van der Waals surface area contributed by atoms with Crippen LogP contribution in [0.2, 0.25) is 0 Å². The van der Waals surface area contributed by atoms with Crippen molar-refractivity contribution in [1.29, 1.82) is 0 Å². The highest BCUT2D eigenvalue weighted by Gasteiger charge is 2.12. The van der Waals surface area contributed by atoms with Crippen molar-refractivity contribution in [2.24, 2.45) is 0 Å². The number of ether oxygens (including phenoxy) is 2. The summed E-state index contributed by atoms with van der Waals surface area (Å²) in [5.41, 5.74) is 0. The Kier molecular flexibility index (Phi) is 2.97. The van der Waals surface area contributed by atoms with Crippen LogP contribution in [-0.2, 0) is 9.47 Å². The average molecular weight is 131 g/mol. The fourth-order valence-electron chi connectivity index (χ4n) is 0.890. The van der Waals surface area contributed by atoms with Gasteiger partial charge in [0, 0.05) is 26.7 Å². The number of hydrogen-bond acceptors (Lipinski definition) is 3. The lowest BCUT2D eigenvalue weighted by atomic mass is 10.4. The number of nitrogens with one attached hydrogen (secondary N) is 1. The standard InChI is InChI=1S/C6H13NO2/c1-8-4-2-6-7-3-5-9-6/h6-7H,2-5H2,1H3. The zero-order valence-electron chi connectivity index (χ0n) is 5.72. The van der Waals surface area contributed by atoms with Gasteiger partial charge in [0.05, 0.1) is 6.61 Å². The highest BCUT2D eigenvalue weighted by molar-refractivity contribution is 4.61. The van der Waals surface area contributed by atoms with E-state index in [1.807, 2.05) is 0 Å². The van der Waals surface area contributed by atoms with Gasteiger partial charge in [0.2, 0.25) is 0 Å². The lowest BCUT2D eigenvalue weighted by Crippen LogP contribution is -2.23. The Morgan fingerprint density at radius 3 is 3.22 bits per heavy atom. The molecule has 0 aromatic heterocycles. The molecule has 54 valence electrons. The van der Waals surface area contributed by atoms with Gasteiger partial charge in [-0.1, -0.05) is 0 Å². The number of methoxy groups -OCH3 is 1. The minimum absolute atomic E-state index is 0.241. The van der Waals surface area contributed by atoms with Gasteiger partial charge in [-0.2, -0.15) is 0 Å². The van der Waals surface area contributed by atoms with Crippen LogP contribution in [0.4, 0.5) is 0 Å². The largest absolute Gasteiger partial charge is 0.385 e. The van der Waals surface area contributed by atoms with Gasteiger partial charge in [-0.05, 0) is 0 Å². The van der Waals surface area contributed by atoms with Gasteiger partial charge in [-0.3, -0.25) is 5.32 Å². The second kappa shape index (κ2) is 3.82. The van der Waals surface area contributed by atoms with Crippen LogP contribution in [0, 0.1) is 0 Å². The van der Waals surface area contributed by atoms with E-state index in [2.05, 4.69) is 5.32 Å². The Labute approximate surface area is 55.3 Å². The smallest absolute Gasteiger partial charge is 0.110 e. The molecule has 1 unspecified atom stereocenters. The summed E-state index contributed by atoms with van der Waals surface area (Å²) in [7, 11) is 1.70. The van der Waals surface area contributed by atoms with Gasteiger partial charge < -0.3 is 9.47 Å². The molecule has 1 aliphatic rings. The molecule has 1 saturated heterocycles. The van der Waals surface area contributed by atoms with Crippen LogP contribution in [0.1, 0.15) is 6.42 Å². The normalized spacial score (nSPS) is 27.0. The molecule has 1 aliphatic heterocycles. The predicted molar refractivity (Wildman–Crippen MR) is 34.2 cm³/mol. The van der Waals surface area contributed by atoms with Crippen molar-refractivity contribution >= 4 is 0 Å². The Morgan fingerprint density at radius 2 is 2.67 bits per heavy atom. The Balaban J connectivity index is 1.98. The summed E-state index contributed by atoms with van der Waals surface area (Å²) in [4.78, 5) is 0. The minimum atomic E-state index is 0.241. The molecular weight excluding hydrogens is 118 g/mol. The Hall–Kier alpha value is -0.120. The highest BCUT2D eigenvalue weighted by Crippen LogP contribution is 1.99. The summed E-state index contributed by atoms with van der Waals surface area (Å²) in [5.74, 6) is 0. The van der Waals surface area contributed by atoms with E-state index in [9.17, 15) is 0 Å². The first-order chi connectivity index (χ1) is 4.43. The van der Waals surface area contributed by atoms with Crippen molar-refractivity contribution in [1.82, 2.24) is 5.32 Å². The van der Waals surface area contributed by atoms with E-state index in [0.717, 1.165) is 26.2 Å². The molecule has 1 fully saturated rings. The van der Waals surface area contributed by atoms with Gasteiger partial charge in [0.15, 0.2) is 0 Å². The minimum Gasteiger partial charge on any atom is -0.385 e. The second-order valence-electron chi connectivity index (χ2n) is 2.10. The molecule has 0 spiro atoms. The van der Waals surface area contributed by atoms with E-state index in [4.69, 9.17) is 9.47 Å². The molecule has 1 heterocycles. The van der Waals surface area contributed by atoms with Gasteiger partial charge in [0.25, 0.3) is 0 Å². The summed E-state index contributed by atoms with van der Waals surface area (Å²) in [5, 5.41) is 3.19. The van der Waals surface area contributed by atoms with Crippen LogP contribution in [0.15, 0.2) is 0 Å². The van der Waals surface area contributed by atoms with E-state index in [0.29, 0.717) is 0 Å². The van der Waals surface area contributed by atoms with E-state index in [1.54, 1.807) is 7.11 Å². The molecule has 1 rings (SSSR count).